The number of halogens is 3. The highest BCUT2D eigenvalue weighted by Crippen LogP contribution is 2.20. The van der Waals surface area contributed by atoms with Gasteiger partial charge >= 0.3 is 6.18 Å². The molecule has 1 aromatic rings. The predicted octanol–water partition coefficient (Wildman–Crippen LogP) is 2.33. The number of hydrogen-bond acceptors (Lipinski definition) is 2. The van der Waals surface area contributed by atoms with Gasteiger partial charge in [-0.2, -0.15) is 13.2 Å². The molecule has 1 heterocycles. The summed E-state index contributed by atoms with van der Waals surface area (Å²) in [7, 11) is 0. The molecular formula is C10H16F3N3. The zero-order chi connectivity index (χ0) is 12.2. The van der Waals surface area contributed by atoms with Gasteiger partial charge in [-0.25, -0.2) is 4.98 Å². The lowest BCUT2D eigenvalue weighted by Crippen LogP contribution is -2.21. The van der Waals surface area contributed by atoms with Crippen molar-refractivity contribution in [3.05, 3.63) is 18.2 Å². The van der Waals surface area contributed by atoms with E-state index in [-0.39, 0.29) is 6.54 Å². The van der Waals surface area contributed by atoms with Crippen LogP contribution in [0.2, 0.25) is 0 Å². The van der Waals surface area contributed by atoms with Crippen molar-refractivity contribution in [2.75, 3.05) is 0 Å². The molecule has 1 rings (SSSR count). The number of nitrogens with zero attached hydrogens (tertiary/aromatic N) is 2. The second-order valence-corrected chi connectivity index (χ2v) is 4.00. The first kappa shape index (κ1) is 13.0. The van der Waals surface area contributed by atoms with Crippen LogP contribution in [0.25, 0.3) is 0 Å². The zero-order valence-corrected chi connectivity index (χ0v) is 9.38. The molecule has 1 N–H and O–H groups in total. The minimum absolute atomic E-state index is 0.0713. The highest BCUT2D eigenvalue weighted by atomic mass is 19.4. The molecular weight excluding hydrogens is 219 g/mol. The van der Waals surface area contributed by atoms with E-state index in [9.17, 15) is 13.2 Å². The third-order valence-corrected chi connectivity index (χ3v) is 2.03. The quantitative estimate of drug-likeness (QED) is 0.848. The van der Waals surface area contributed by atoms with E-state index in [2.05, 4.69) is 10.3 Å². The molecule has 0 bridgehead atoms. The van der Waals surface area contributed by atoms with Crippen LogP contribution >= 0.6 is 0 Å². The number of alkyl halides is 3. The van der Waals surface area contributed by atoms with Crippen LogP contribution < -0.4 is 5.32 Å². The molecule has 0 atom stereocenters. The van der Waals surface area contributed by atoms with Crippen molar-refractivity contribution in [3.63, 3.8) is 0 Å². The molecule has 0 saturated carbocycles. The van der Waals surface area contributed by atoms with Gasteiger partial charge in [-0.3, -0.25) is 0 Å². The molecule has 3 nitrogen and oxygen atoms in total. The third kappa shape index (κ3) is 5.16. The van der Waals surface area contributed by atoms with Crippen LogP contribution in [0.15, 0.2) is 12.5 Å². The average molecular weight is 235 g/mol. The summed E-state index contributed by atoms with van der Waals surface area (Å²) in [4.78, 5) is 4.02. The van der Waals surface area contributed by atoms with Crippen molar-refractivity contribution < 1.29 is 13.2 Å². The van der Waals surface area contributed by atoms with E-state index in [1.165, 1.54) is 10.9 Å². The van der Waals surface area contributed by atoms with Gasteiger partial charge in [0.05, 0.1) is 18.4 Å². The number of nitrogens with one attached hydrogen (secondary N) is 1. The first-order chi connectivity index (χ1) is 7.37. The highest BCUT2D eigenvalue weighted by molar-refractivity contribution is 4.96. The largest absolute Gasteiger partial charge is 0.390 e. The van der Waals surface area contributed by atoms with Crippen molar-refractivity contribution in [1.29, 1.82) is 0 Å². The third-order valence-electron chi connectivity index (χ3n) is 2.03. The summed E-state index contributed by atoms with van der Waals surface area (Å²) >= 11 is 0. The maximum atomic E-state index is 12.0. The van der Waals surface area contributed by atoms with Crippen molar-refractivity contribution in [2.45, 2.75) is 45.6 Å². The molecule has 0 aromatic carbocycles. The molecule has 0 fully saturated rings. The fourth-order valence-corrected chi connectivity index (χ4v) is 1.18. The molecule has 92 valence electrons. The Morgan fingerprint density at radius 2 is 2.12 bits per heavy atom. The van der Waals surface area contributed by atoms with Crippen molar-refractivity contribution in [1.82, 2.24) is 14.9 Å². The van der Waals surface area contributed by atoms with Crippen molar-refractivity contribution in [2.24, 2.45) is 0 Å². The monoisotopic (exact) mass is 235 g/mol. The van der Waals surface area contributed by atoms with Crippen molar-refractivity contribution in [3.8, 4) is 0 Å². The number of hydrogen-bond donors (Lipinski definition) is 1. The molecule has 6 heteroatoms. The van der Waals surface area contributed by atoms with Crippen LogP contribution in [0.4, 0.5) is 13.2 Å². The number of aryl methyl sites for hydroxylation is 1. The molecule has 0 radical (unpaired) electrons. The molecule has 0 aliphatic rings. The summed E-state index contributed by atoms with van der Waals surface area (Å²) in [5.41, 5.74) is 0.760. The number of aromatic nitrogens is 2. The SMILES string of the molecule is CC(C)NCc1cn(CCC(F)(F)F)cn1. The Balaban J connectivity index is 2.39. The van der Waals surface area contributed by atoms with E-state index in [4.69, 9.17) is 0 Å². The second-order valence-electron chi connectivity index (χ2n) is 4.00. The normalized spacial score (nSPS) is 12.4. The van der Waals surface area contributed by atoms with Gasteiger partial charge in [-0.05, 0) is 0 Å². The zero-order valence-electron chi connectivity index (χ0n) is 9.38. The predicted molar refractivity (Wildman–Crippen MR) is 54.9 cm³/mol. The Morgan fingerprint density at radius 3 is 2.69 bits per heavy atom. The Hall–Kier alpha value is -1.04. The minimum atomic E-state index is -4.11. The van der Waals surface area contributed by atoms with E-state index in [1.807, 2.05) is 13.8 Å². The van der Waals surface area contributed by atoms with Crippen LogP contribution in [0.5, 0.6) is 0 Å². The lowest BCUT2D eigenvalue weighted by Gasteiger charge is -2.06. The van der Waals surface area contributed by atoms with E-state index in [1.54, 1.807) is 6.20 Å². The summed E-state index contributed by atoms with van der Waals surface area (Å²) < 4.78 is 37.3. The second kappa shape index (κ2) is 5.34. The number of imidazole rings is 1. The van der Waals surface area contributed by atoms with Gasteiger partial charge in [-0.15, -0.1) is 0 Å². The molecule has 1 aromatic heterocycles. The standard InChI is InChI=1S/C10H16F3N3/c1-8(2)14-5-9-6-16(7-15-9)4-3-10(11,12)13/h6-8,14H,3-5H2,1-2H3. The topological polar surface area (TPSA) is 29.9 Å². The summed E-state index contributed by atoms with van der Waals surface area (Å²) in [6.07, 6.45) is -1.86. The Morgan fingerprint density at radius 1 is 1.44 bits per heavy atom. The first-order valence-electron chi connectivity index (χ1n) is 5.17. The Bertz CT molecular complexity index is 317. The Labute approximate surface area is 92.7 Å². The highest BCUT2D eigenvalue weighted by Gasteiger charge is 2.26. The van der Waals surface area contributed by atoms with Gasteiger partial charge < -0.3 is 9.88 Å². The maximum absolute atomic E-state index is 12.0. The van der Waals surface area contributed by atoms with Gasteiger partial charge in [0.25, 0.3) is 0 Å². The maximum Gasteiger partial charge on any atom is 0.390 e. The van der Waals surface area contributed by atoms with Gasteiger partial charge in [0.2, 0.25) is 0 Å². The molecule has 0 unspecified atom stereocenters. The smallest absolute Gasteiger partial charge is 0.337 e. The van der Waals surface area contributed by atoms with Crippen molar-refractivity contribution >= 4 is 0 Å². The molecule has 16 heavy (non-hydrogen) atoms. The van der Waals surface area contributed by atoms with Gasteiger partial charge in [-0.1, -0.05) is 13.8 Å². The van der Waals surface area contributed by atoms with Gasteiger partial charge in [0.15, 0.2) is 0 Å². The van der Waals surface area contributed by atoms with E-state index in [0.29, 0.717) is 12.6 Å². The molecule has 0 saturated heterocycles. The molecule has 0 spiro atoms. The van der Waals surface area contributed by atoms with E-state index in [0.717, 1.165) is 5.69 Å². The van der Waals surface area contributed by atoms with Gasteiger partial charge in [0.1, 0.15) is 0 Å². The summed E-state index contributed by atoms with van der Waals surface area (Å²) in [6, 6.07) is 0.334. The van der Waals surface area contributed by atoms with Crippen LogP contribution in [0, 0.1) is 0 Å². The van der Waals surface area contributed by atoms with Crippen LogP contribution in [0.1, 0.15) is 26.0 Å². The average Bonchev–Trinajstić information content (AvgIpc) is 2.58. The summed E-state index contributed by atoms with van der Waals surface area (Å²) in [5, 5.41) is 3.15. The minimum Gasteiger partial charge on any atom is -0.337 e. The van der Waals surface area contributed by atoms with Crippen LogP contribution in [0.3, 0.4) is 0 Å². The molecule has 0 amide bonds. The Kier molecular flexibility index (Phi) is 4.35. The van der Waals surface area contributed by atoms with Crippen LogP contribution in [-0.4, -0.2) is 21.8 Å². The van der Waals surface area contributed by atoms with Crippen LogP contribution in [-0.2, 0) is 13.1 Å². The fourth-order valence-electron chi connectivity index (χ4n) is 1.18. The lowest BCUT2D eigenvalue weighted by molar-refractivity contribution is -0.136. The lowest BCUT2D eigenvalue weighted by atomic mass is 10.3. The molecule has 0 aliphatic heterocycles. The van der Waals surface area contributed by atoms with E-state index < -0.39 is 12.6 Å². The van der Waals surface area contributed by atoms with Gasteiger partial charge in [0, 0.05) is 25.3 Å². The summed E-state index contributed by atoms with van der Waals surface area (Å²) in [5.74, 6) is 0. The first-order valence-corrected chi connectivity index (χ1v) is 5.17. The number of rotatable bonds is 5. The summed E-state index contributed by atoms with van der Waals surface area (Å²) in [6.45, 7) is 4.51. The molecule has 0 aliphatic carbocycles. The fraction of sp³-hybridized carbons (Fsp3) is 0.700. The van der Waals surface area contributed by atoms with E-state index >= 15 is 0 Å².